The number of nitrogens with zero attached hydrogens (tertiary/aromatic N) is 2. The molecule has 2 fully saturated rings. The number of aromatic nitrogens is 1. The van der Waals surface area contributed by atoms with E-state index in [4.69, 9.17) is 21.1 Å². The molecule has 0 N–H and O–H groups in total. The third-order valence-electron chi connectivity index (χ3n) is 5.20. The summed E-state index contributed by atoms with van der Waals surface area (Å²) < 4.78 is 10.5. The predicted octanol–water partition coefficient (Wildman–Crippen LogP) is 2.57. The number of carbonyl (C=O) groups is 2. The van der Waals surface area contributed by atoms with Gasteiger partial charge in [0.05, 0.1) is 36.4 Å². The van der Waals surface area contributed by atoms with E-state index in [2.05, 4.69) is 4.98 Å². The zero-order chi connectivity index (χ0) is 17.6. The van der Waals surface area contributed by atoms with E-state index in [1.54, 1.807) is 29.3 Å². The second kappa shape index (κ2) is 7.02. The lowest BCUT2D eigenvalue weighted by molar-refractivity contribution is -0.153. The van der Waals surface area contributed by atoms with Crippen LogP contribution >= 0.6 is 24.0 Å². The van der Waals surface area contributed by atoms with E-state index in [-0.39, 0.29) is 43.4 Å². The molecule has 0 aliphatic carbocycles. The molecular weight excluding hydrogens is 379 g/mol. The molecule has 2 saturated heterocycles. The summed E-state index contributed by atoms with van der Waals surface area (Å²) in [5, 5.41) is 1.09. The third-order valence-corrected chi connectivity index (χ3v) is 5.52. The number of fused-ring (bicyclic) bond motifs is 2. The number of hydrogen-bond acceptors (Lipinski definition) is 5. The van der Waals surface area contributed by atoms with Crippen LogP contribution in [0.4, 0.5) is 0 Å². The Kier molecular flexibility index (Phi) is 5.10. The topological polar surface area (TPSA) is 68.7 Å². The lowest BCUT2D eigenvalue weighted by atomic mass is 9.81. The average Bonchev–Trinajstić information content (AvgIpc) is 3.18. The third kappa shape index (κ3) is 2.73. The van der Waals surface area contributed by atoms with Crippen LogP contribution in [0.1, 0.15) is 10.4 Å². The number of benzene rings is 1. The minimum Gasteiger partial charge on any atom is -0.468 e. The SMILES string of the molecule is COC(=O)[C@@]12COC[C@@H]1CN(C(=O)c1c(Cl)ccc3ncccc13)C2.Cl. The maximum absolute atomic E-state index is 13.2. The highest BCUT2D eigenvalue weighted by Gasteiger charge is 2.57. The number of halogens is 2. The molecule has 0 spiro atoms. The van der Waals surface area contributed by atoms with Gasteiger partial charge in [0.15, 0.2) is 0 Å². The Morgan fingerprint density at radius 2 is 2.19 bits per heavy atom. The van der Waals surface area contributed by atoms with Gasteiger partial charge in [0, 0.05) is 30.6 Å². The second-order valence-electron chi connectivity index (χ2n) is 6.54. The zero-order valence-corrected chi connectivity index (χ0v) is 15.7. The molecule has 8 heteroatoms. The van der Waals surface area contributed by atoms with E-state index in [1.165, 1.54) is 7.11 Å². The molecule has 2 atom stereocenters. The lowest BCUT2D eigenvalue weighted by Crippen LogP contribution is -2.41. The van der Waals surface area contributed by atoms with Crippen LogP contribution in [0.2, 0.25) is 5.02 Å². The molecule has 3 heterocycles. The molecule has 0 bridgehead atoms. The summed E-state index contributed by atoms with van der Waals surface area (Å²) >= 11 is 6.33. The molecule has 1 aromatic heterocycles. The van der Waals surface area contributed by atoms with E-state index >= 15 is 0 Å². The van der Waals surface area contributed by atoms with Gasteiger partial charge in [-0.1, -0.05) is 17.7 Å². The van der Waals surface area contributed by atoms with Crippen LogP contribution in [-0.2, 0) is 14.3 Å². The van der Waals surface area contributed by atoms with E-state index in [0.717, 1.165) is 0 Å². The molecule has 0 radical (unpaired) electrons. The fraction of sp³-hybridized carbons (Fsp3) is 0.389. The van der Waals surface area contributed by atoms with Gasteiger partial charge in [0.2, 0.25) is 0 Å². The van der Waals surface area contributed by atoms with Gasteiger partial charge >= 0.3 is 5.97 Å². The first-order chi connectivity index (χ1) is 12.1. The summed E-state index contributed by atoms with van der Waals surface area (Å²) in [6.45, 7) is 1.44. The van der Waals surface area contributed by atoms with E-state index < -0.39 is 5.41 Å². The molecule has 2 aliphatic heterocycles. The molecule has 4 rings (SSSR count). The number of pyridine rings is 1. The van der Waals surface area contributed by atoms with Crippen molar-refractivity contribution in [3.05, 3.63) is 41.0 Å². The minimum absolute atomic E-state index is 0. The maximum atomic E-state index is 13.2. The molecule has 6 nitrogen and oxygen atoms in total. The Morgan fingerprint density at radius 1 is 1.38 bits per heavy atom. The first kappa shape index (κ1) is 18.9. The lowest BCUT2D eigenvalue weighted by Gasteiger charge is -2.24. The van der Waals surface area contributed by atoms with Gasteiger partial charge in [-0.3, -0.25) is 14.6 Å². The summed E-state index contributed by atoms with van der Waals surface area (Å²) in [6.07, 6.45) is 1.67. The predicted molar refractivity (Wildman–Crippen MR) is 98.7 cm³/mol. The summed E-state index contributed by atoms with van der Waals surface area (Å²) in [5.74, 6) is -0.576. The highest BCUT2D eigenvalue weighted by molar-refractivity contribution is 6.35. The molecule has 2 aromatic rings. The number of carbonyl (C=O) groups excluding carboxylic acids is 2. The van der Waals surface area contributed by atoms with Crippen molar-refractivity contribution < 1.29 is 19.1 Å². The van der Waals surface area contributed by atoms with Crippen molar-refractivity contribution in [3.8, 4) is 0 Å². The smallest absolute Gasteiger partial charge is 0.316 e. The summed E-state index contributed by atoms with van der Waals surface area (Å²) in [4.78, 5) is 31.5. The first-order valence-electron chi connectivity index (χ1n) is 8.05. The van der Waals surface area contributed by atoms with E-state index in [1.807, 2.05) is 6.07 Å². The van der Waals surface area contributed by atoms with E-state index in [9.17, 15) is 9.59 Å². The Labute approximate surface area is 161 Å². The van der Waals surface area contributed by atoms with Gasteiger partial charge in [-0.2, -0.15) is 0 Å². The van der Waals surface area contributed by atoms with Crippen molar-refractivity contribution in [1.29, 1.82) is 0 Å². The highest BCUT2D eigenvalue weighted by Crippen LogP contribution is 2.43. The number of amides is 1. The second-order valence-corrected chi connectivity index (χ2v) is 6.95. The Hall–Kier alpha value is -1.89. The average molecular weight is 397 g/mol. The molecule has 26 heavy (non-hydrogen) atoms. The van der Waals surface area contributed by atoms with Crippen LogP contribution in [-0.4, -0.2) is 55.2 Å². The quantitative estimate of drug-likeness (QED) is 0.729. The van der Waals surface area contributed by atoms with E-state index in [0.29, 0.717) is 34.6 Å². The highest BCUT2D eigenvalue weighted by atomic mass is 35.5. The molecule has 138 valence electrons. The fourth-order valence-corrected chi connectivity index (χ4v) is 4.13. The van der Waals surface area contributed by atoms with Crippen LogP contribution in [0.3, 0.4) is 0 Å². The Bertz CT molecular complexity index is 875. The number of ether oxygens (including phenoxy) is 2. The van der Waals surface area contributed by atoms with Crippen molar-refractivity contribution in [2.24, 2.45) is 11.3 Å². The van der Waals surface area contributed by atoms with Crippen molar-refractivity contribution in [1.82, 2.24) is 9.88 Å². The number of rotatable bonds is 2. The summed E-state index contributed by atoms with van der Waals surface area (Å²) in [7, 11) is 1.37. The maximum Gasteiger partial charge on any atom is 0.316 e. The van der Waals surface area contributed by atoms with Crippen molar-refractivity contribution >= 4 is 46.8 Å². The van der Waals surface area contributed by atoms with Crippen LogP contribution in [0.15, 0.2) is 30.5 Å². The number of hydrogen-bond donors (Lipinski definition) is 0. The van der Waals surface area contributed by atoms with Gasteiger partial charge in [0.1, 0.15) is 5.41 Å². The monoisotopic (exact) mass is 396 g/mol. The van der Waals surface area contributed by atoms with Gasteiger partial charge in [-0.25, -0.2) is 0 Å². The Balaban J connectivity index is 0.00000196. The van der Waals surface area contributed by atoms with Crippen LogP contribution < -0.4 is 0 Å². The molecule has 1 aromatic carbocycles. The molecular formula is C18H18Cl2N2O4. The van der Waals surface area contributed by atoms with Crippen LogP contribution in [0, 0.1) is 11.3 Å². The number of methoxy groups -OCH3 is 1. The van der Waals surface area contributed by atoms with Crippen LogP contribution in [0.5, 0.6) is 0 Å². The molecule has 0 saturated carbocycles. The van der Waals surface area contributed by atoms with Crippen molar-refractivity contribution in [2.45, 2.75) is 0 Å². The Morgan fingerprint density at radius 3 is 2.96 bits per heavy atom. The zero-order valence-electron chi connectivity index (χ0n) is 14.1. The van der Waals surface area contributed by atoms with Crippen LogP contribution in [0.25, 0.3) is 10.9 Å². The number of likely N-dealkylation sites (tertiary alicyclic amines) is 1. The number of esters is 1. The fourth-order valence-electron chi connectivity index (χ4n) is 3.88. The first-order valence-corrected chi connectivity index (χ1v) is 8.43. The van der Waals surface area contributed by atoms with Gasteiger partial charge in [-0.05, 0) is 18.2 Å². The largest absolute Gasteiger partial charge is 0.468 e. The minimum atomic E-state index is -0.778. The van der Waals surface area contributed by atoms with Crippen molar-refractivity contribution in [2.75, 3.05) is 33.4 Å². The van der Waals surface area contributed by atoms with Gasteiger partial charge in [0.25, 0.3) is 5.91 Å². The molecule has 0 unspecified atom stereocenters. The molecule has 1 amide bonds. The summed E-state index contributed by atoms with van der Waals surface area (Å²) in [6, 6.07) is 7.08. The standard InChI is InChI=1S/C18H17ClN2O4.ClH/c1-24-17(23)18-9-21(7-11(18)8-25-10-18)16(22)15-12-3-2-6-20-14(12)5-4-13(15)19;/h2-6,11H,7-10H2,1H3;1H/t11-,18-;/m0./s1. The normalized spacial score (nSPS) is 24.2. The van der Waals surface area contributed by atoms with Crippen molar-refractivity contribution in [3.63, 3.8) is 0 Å². The van der Waals surface area contributed by atoms with Gasteiger partial charge in [-0.15, -0.1) is 12.4 Å². The van der Waals surface area contributed by atoms with Gasteiger partial charge < -0.3 is 14.4 Å². The summed E-state index contributed by atoms with van der Waals surface area (Å²) in [5.41, 5.74) is 0.355. The molecule has 2 aliphatic rings.